The van der Waals surface area contributed by atoms with E-state index in [0.29, 0.717) is 12.6 Å². The van der Waals surface area contributed by atoms with Crippen LogP contribution in [0, 0.1) is 13.8 Å². The molecule has 0 radical (unpaired) electrons. The lowest BCUT2D eigenvalue weighted by molar-refractivity contribution is 0.251. The molecule has 3 nitrogen and oxygen atoms in total. The number of nitrogens with two attached hydrogens (primary N) is 1. The minimum Gasteiger partial charge on any atom is -0.457 e. The van der Waals surface area contributed by atoms with Crippen molar-refractivity contribution >= 4 is 0 Å². The third-order valence-corrected chi connectivity index (χ3v) is 4.50. The monoisotopic (exact) mass is 310 g/mol. The molecule has 2 aromatic rings. The number of aryl methyl sites for hydroxylation is 2. The standard InChI is InChI=1S/C20H26N2O/c1-15-11-16(2)13-19(12-15)23-18-7-5-17(6-8-18)20(14-21)22-9-3-4-10-22/h5-8,11-13,20H,3-4,9-10,14,21H2,1-2H3. The second-order valence-electron chi connectivity index (χ2n) is 6.49. The fraction of sp³-hybridized carbons (Fsp3) is 0.400. The van der Waals surface area contributed by atoms with Crippen molar-refractivity contribution < 1.29 is 4.74 Å². The average Bonchev–Trinajstić information content (AvgIpc) is 3.03. The van der Waals surface area contributed by atoms with E-state index in [1.54, 1.807) is 0 Å². The molecule has 3 heteroatoms. The van der Waals surface area contributed by atoms with E-state index in [0.717, 1.165) is 24.6 Å². The van der Waals surface area contributed by atoms with Crippen molar-refractivity contribution in [3.8, 4) is 11.5 Å². The van der Waals surface area contributed by atoms with Crippen LogP contribution in [0.2, 0.25) is 0 Å². The van der Waals surface area contributed by atoms with Gasteiger partial charge in [-0.15, -0.1) is 0 Å². The van der Waals surface area contributed by atoms with E-state index in [1.165, 1.54) is 29.5 Å². The van der Waals surface area contributed by atoms with E-state index in [2.05, 4.69) is 49.1 Å². The van der Waals surface area contributed by atoms with Gasteiger partial charge in [-0.2, -0.15) is 0 Å². The summed E-state index contributed by atoms with van der Waals surface area (Å²) < 4.78 is 5.99. The molecule has 0 aliphatic carbocycles. The van der Waals surface area contributed by atoms with E-state index in [9.17, 15) is 0 Å². The van der Waals surface area contributed by atoms with E-state index < -0.39 is 0 Å². The Morgan fingerprint density at radius 1 is 0.957 bits per heavy atom. The topological polar surface area (TPSA) is 38.5 Å². The van der Waals surface area contributed by atoms with Gasteiger partial charge in [-0.1, -0.05) is 18.2 Å². The molecule has 1 saturated heterocycles. The smallest absolute Gasteiger partial charge is 0.127 e. The maximum Gasteiger partial charge on any atom is 0.127 e. The second kappa shape index (κ2) is 7.16. The highest BCUT2D eigenvalue weighted by atomic mass is 16.5. The fourth-order valence-electron chi connectivity index (χ4n) is 3.44. The molecule has 1 heterocycles. The normalized spacial score (nSPS) is 16.5. The SMILES string of the molecule is Cc1cc(C)cc(Oc2ccc(C(CN)N3CCCC3)cc2)c1. The molecule has 0 amide bonds. The predicted octanol–water partition coefficient (Wildman–Crippen LogP) is 4.19. The Balaban J connectivity index is 1.73. The van der Waals surface area contributed by atoms with Crippen molar-refractivity contribution in [1.82, 2.24) is 4.90 Å². The van der Waals surface area contributed by atoms with Gasteiger partial charge in [0, 0.05) is 12.6 Å². The number of benzene rings is 2. The van der Waals surface area contributed by atoms with E-state index in [1.807, 2.05) is 12.1 Å². The Kier molecular flexibility index (Phi) is 4.99. The first kappa shape index (κ1) is 16.0. The summed E-state index contributed by atoms with van der Waals surface area (Å²) in [6.07, 6.45) is 2.56. The highest BCUT2D eigenvalue weighted by molar-refractivity contribution is 5.38. The molecular weight excluding hydrogens is 284 g/mol. The molecule has 0 aromatic heterocycles. The molecule has 1 unspecified atom stereocenters. The quantitative estimate of drug-likeness (QED) is 0.900. The maximum atomic E-state index is 6.01. The van der Waals surface area contributed by atoms with Crippen molar-refractivity contribution in [2.24, 2.45) is 5.73 Å². The van der Waals surface area contributed by atoms with Gasteiger partial charge in [-0.05, 0) is 80.7 Å². The van der Waals surface area contributed by atoms with Crippen LogP contribution in [0.4, 0.5) is 0 Å². The molecule has 2 aromatic carbocycles. The summed E-state index contributed by atoms with van der Waals surface area (Å²) in [4.78, 5) is 2.49. The van der Waals surface area contributed by atoms with Gasteiger partial charge in [0.05, 0.1) is 0 Å². The summed E-state index contributed by atoms with van der Waals surface area (Å²) in [5.74, 6) is 1.76. The van der Waals surface area contributed by atoms with Crippen molar-refractivity contribution in [2.75, 3.05) is 19.6 Å². The lowest BCUT2D eigenvalue weighted by atomic mass is 10.1. The van der Waals surface area contributed by atoms with Crippen LogP contribution < -0.4 is 10.5 Å². The lowest BCUT2D eigenvalue weighted by Crippen LogP contribution is -2.31. The van der Waals surface area contributed by atoms with E-state index in [4.69, 9.17) is 10.5 Å². The minimum atomic E-state index is 0.327. The Bertz CT molecular complexity index is 625. The third kappa shape index (κ3) is 3.92. The summed E-state index contributed by atoms with van der Waals surface area (Å²) in [6, 6.07) is 15.0. The van der Waals surface area contributed by atoms with Crippen molar-refractivity contribution in [1.29, 1.82) is 0 Å². The van der Waals surface area contributed by atoms with E-state index in [-0.39, 0.29) is 0 Å². The number of ether oxygens (including phenoxy) is 1. The summed E-state index contributed by atoms with van der Waals surface area (Å²) in [5.41, 5.74) is 9.72. The number of hydrogen-bond acceptors (Lipinski definition) is 3. The van der Waals surface area contributed by atoms with Gasteiger partial charge in [0.2, 0.25) is 0 Å². The first-order valence-corrected chi connectivity index (χ1v) is 8.46. The molecule has 0 spiro atoms. The largest absolute Gasteiger partial charge is 0.457 e. The Morgan fingerprint density at radius 3 is 2.13 bits per heavy atom. The number of rotatable bonds is 5. The highest BCUT2D eigenvalue weighted by Crippen LogP contribution is 2.28. The Labute approximate surface area is 139 Å². The molecule has 122 valence electrons. The van der Waals surface area contributed by atoms with Crippen LogP contribution in [0.1, 0.15) is 35.6 Å². The molecule has 1 atom stereocenters. The fourth-order valence-corrected chi connectivity index (χ4v) is 3.44. The van der Waals surface area contributed by atoms with Crippen LogP contribution in [0.5, 0.6) is 11.5 Å². The molecular formula is C20H26N2O. The van der Waals surface area contributed by atoms with Gasteiger partial charge in [-0.25, -0.2) is 0 Å². The number of nitrogens with zero attached hydrogens (tertiary/aromatic N) is 1. The summed E-state index contributed by atoms with van der Waals surface area (Å²) in [5, 5.41) is 0. The summed E-state index contributed by atoms with van der Waals surface area (Å²) in [7, 11) is 0. The molecule has 3 rings (SSSR count). The lowest BCUT2D eigenvalue weighted by Gasteiger charge is -2.26. The number of likely N-dealkylation sites (tertiary alicyclic amines) is 1. The zero-order valence-corrected chi connectivity index (χ0v) is 14.1. The maximum absolute atomic E-state index is 6.01. The molecule has 1 aliphatic heterocycles. The van der Waals surface area contributed by atoms with Crippen molar-refractivity contribution in [3.05, 3.63) is 59.2 Å². The van der Waals surface area contributed by atoms with Gasteiger partial charge in [-0.3, -0.25) is 4.90 Å². The molecule has 0 bridgehead atoms. The molecule has 2 N–H and O–H groups in total. The summed E-state index contributed by atoms with van der Waals surface area (Å²) in [6.45, 7) is 7.15. The first-order chi connectivity index (χ1) is 11.2. The average molecular weight is 310 g/mol. The van der Waals surface area contributed by atoms with E-state index >= 15 is 0 Å². The van der Waals surface area contributed by atoms with Crippen molar-refractivity contribution in [2.45, 2.75) is 32.7 Å². The molecule has 23 heavy (non-hydrogen) atoms. The van der Waals surface area contributed by atoms with Crippen LogP contribution in [0.25, 0.3) is 0 Å². The predicted molar refractivity (Wildman–Crippen MR) is 95.0 cm³/mol. The Hall–Kier alpha value is -1.84. The molecule has 1 aliphatic rings. The third-order valence-electron chi connectivity index (χ3n) is 4.50. The molecule has 1 fully saturated rings. The van der Waals surface area contributed by atoms with Gasteiger partial charge in [0.1, 0.15) is 11.5 Å². The number of hydrogen-bond donors (Lipinski definition) is 1. The van der Waals surface area contributed by atoms with Gasteiger partial charge >= 0.3 is 0 Å². The van der Waals surface area contributed by atoms with Gasteiger partial charge in [0.15, 0.2) is 0 Å². The Morgan fingerprint density at radius 2 is 1.57 bits per heavy atom. The second-order valence-corrected chi connectivity index (χ2v) is 6.49. The summed E-state index contributed by atoms with van der Waals surface area (Å²) >= 11 is 0. The first-order valence-electron chi connectivity index (χ1n) is 8.46. The van der Waals surface area contributed by atoms with Gasteiger partial charge in [0.25, 0.3) is 0 Å². The highest BCUT2D eigenvalue weighted by Gasteiger charge is 2.22. The van der Waals surface area contributed by atoms with Gasteiger partial charge < -0.3 is 10.5 Å². The van der Waals surface area contributed by atoms with Crippen LogP contribution in [0.15, 0.2) is 42.5 Å². The molecule has 0 saturated carbocycles. The van der Waals surface area contributed by atoms with Crippen LogP contribution in [-0.4, -0.2) is 24.5 Å². The van der Waals surface area contributed by atoms with Crippen LogP contribution >= 0.6 is 0 Å². The van der Waals surface area contributed by atoms with Crippen molar-refractivity contribution in [3.63, 3.8) is 0 Å². The minimum absolute atomic E-state index is 0.327. The zero-order valence-electron chi connectivity index (χ0n) is 14.1. The van der Waals surface area contributed by atoms with Crippen LogP contribution in [-0.2, 0) is 0 Å². The zero-order chi connectivity index (χ0) is 16.2. The van der Waals surface area contributed by atoms with Crippen LogP contribution in [0.3, 0.4) is 0 Å².